The molecule has 4 heteroatoms. The van der Waals surface area contributed by atoms with E-state index in [0.717, 1.165) is 5.56 Å². The summed E-state index contributed by atoms with van der Waals surface area (Å²) in [7, 11) is 0. The Morgan fingerprint density at radius 2 is 1.86 bits per heavy atom. The molecule has 0 aliphatic carbocycles. The van der Waals surface area contributed by atoms with Gasteiger partial charge in [-0.2, -0.15) is 0 Å². The Hall–Kier alpha value is -2.33. The summed E-state index contributed by atoms with van der Waals surface area (Å²) in [5.74, 6) is -0.427. The highest BCUT2D eigenvalue weighted by molar-refractivity contribution is 5.89. The molecule has 21 heavy (non-hydrogen) atoms. The lowest BCUT2D eigenvalue weighted by molar-refractivity contribution is 0.00756. The monoisotopic (exact) mass is 286 g/mol. The van der Waals surface area contributed by atoms with Gasteiger partial charge in [-0.05, 0) is 43.2 Å². The Morgan fingerprint density at radius 3 is 2.43 bits per heavy atom. The zero-order chi connectivity index (χ0) is 15.5. The summed E-state index contributed by atoms with van der Waals surface area (Å²) in [5, 5.41) is 19.4. The van der Waals surface area contributed by atoms with Crippen LogP contribution in [0.5, 0.6) is 5.75 Å². The fourth-order valence-corrected chi connectivity index (χ4v) is 2.07. The van der Waals surface area contributed by atoms with Gasteiger partial charge in [-0.15, -0.1) is 0 Å². The minimum Gasteiger partial charge on any atom is -0.490 e. The minimum absolute atomic E-state index is 0.0862. The molecule has 2 aromatic rings. The molecule has 110 valence electrons. The standard InChI is InChI=1S/C17H18O4/c1-12-10-14(8-9-15(12)16(18)19)21-11-17(2,20)13-6-4-3-5-7-13/h3-10,20H,11H2,1-2H3,(H,18,19). The highest BCUT2D eigenvalue weighted by Gasteiger charge is 2.24. The van der Waals surface area contributed by atoms with Crippen LogP contribution in [-0.2, 0) is 5.60 Å². The van der Waals surface area contributed by atoms with E-state index >= 15 is 0 Å². The Labute approximate surface area is 123 Å². The third-order valence-electron chi connectivity index (χ3n) is 3.34. The molecule has 0 aliphatic rings. The van der Waals surface area contributed by atoms with Crippen LogP contribution < -0.4 is 4.74 Å². The highest BCUT2D eigenvalue weighted by atomic mass is 16.5. The smallest absolute Gasteiger partial charge is 0.335 e. The molecule has 0 saturated heterocycles. The van der Waals surface area contributed by atoms with Crippen LogP contribution >= 0.6 is 0 Å². The van der Waals surface area contributed by atoms with Gasteiger partial charge in [0.2, 0.25) is 0 Å². The number of aryl methyl sites for hydroxylation is 1. The normalized spacial score (nSPS) is 13.5. The fourth-order valence-electron chi connectivity index (χ4n) is 2.07. The average molecular weight is 286 g/mol. The van der Waals surface area contributed by atoms with Crippen LogP contribution in [0.3, 0.4) is 0 Å². The number of carbonyl (C=O) groups is 1. The number of ether oxygens (including phenoxy) is 1. The van der Waals surface area contributed by atoms with Crippen molar-refractivity contribution in [3.63, 3.8) is 0 Å². The molecule has 0 spiro atoms. The van der Waals surface area contributed by atoms with E-state index in [2.05, 4.69) is 0 Å². The third-order valence-corrected chi connectivity index (χ3v) is 3.34. The molecule has 2 aromatic carbocycles. The predicted molar refractivity (Wildman–Crippen MR) is 79.6 cm³/mol. The van der Waals surface area contributed by atoms with Crippen LogP contribution in [0.25, 0.3) is 0 Å². The number of carboxylic acid groups (broad SMARTS) is 1. The van der Waals surface area contributed by atoms with E-state index in [1.165, 1.54) is 6.07 Å². The summed E-state index contributed by atoms with van der Waals surface area (Å²) in [6.07, 6.45) is 0. The first-order valence-electron chi connectivity index (χ1n) is 6.65. The van der Waals surface area contributed by atoms with Gasteiger partial charge in [0.25, 0.3) is 0 Å². The molecular weight excluding hydrogens is 268 g/mol. The molecule has 4 nitrogen and oxygen atoms in total. The second-order valence-electron chi connectivity index (χ2n) is 5.21. The third kappa shape index (κ3) is 3.61. The molecule has 2 rings (SSSR count). The SMILES string of the molecule is Cc1cc(OCC(C)(O)c2ccccc2)ccc1C(=O)O. The molecule has 0 aromatic heterocycles. The van der Waals surface area contributed by atoms with Crippen molar-refractivity contribution in [3.05, 3.63) is 65.2 Å². The van der Waals surface area contributed by atoms with Gasteiger partial charge in [-0.25, -0.2) is 4.79 Å². The molecule has 2 N–H and O–H groups in total. The first kappa shape index (κ1) is 15.1. The van der Waals surface area contributed by atoms with Crippen LogP contribution in [0.4, 0.5) is 0 Å². The van der Waals surface area contributed by atoms with Crippen molar-refractivity contribution in [2.75, 3.05) is 6.61 Å². The maximum Gasteiger partial charge on any atom is 0.335 e. The number of aromatic carboxylic acids is 1. The van der Waals surface area contributed by atoms with Gasteiger partial charge < -0.3 is 14.9 Å². The zero-order valence-corrected chi connectivity index (χ0v) is 12.0. The lowest BCUT2D eigenvalue weighted by Crippen LogP contribution is -2.29. The van der Waals surface area contributed by atoms with Crippen molar-refractivity contribution >= 4 is 5.97 Å². The summed E-state index contributed by atoms with van der Waals surface area (Å²) in [5.41, 5.74) is 0.529. The minimum atomic E-state index is -1.11. The largest absolute Gasteiger partial charge is 0.490 e. The van der Waals surface area contributed by atoms with Crippen LogP contribution in [-0.4, -0.2) is 22.8 Å². The summed E-state index contributed by atoms with van der Waals surface area (Å²) in [4.78, 5) is 11.0. The van der Waals surface area contributed by atoms with Gasteiger partial charge >= 0.3 is 5.97 Å². The number of aliphatic hydroxyl groups is 1. The van der Waals surface area contributed by atoms with E-state index in [0.29, 0.717) is 11.3 Å². The van der Waals surface area contributed by atoms with Gasteiger partial charge in [0, 0.05) is 0 Å². The lowest BCUT2D eigenvalue weighted by Gasteiger charge is -2.24. The van der Waals surface area contributed by atoms with E-state index in [4.69, 9.17) is 9.84 Å². The van der Waals surface area contributed by atoms with Crippen molar-refractivity contribution in [3.8, 4) is 5.75 Å². The van der Waals surface area contributed by atoms with Gasteiger partial charge in [0.1, 0.15) is 18.0 Å². The summed E-state index contributed by atoms with van der Waals surface area (Å²) in [6, 6.07) is 14.0. The first-order valence-corrected chi connectivity index (χ1v) is 6.65. The second-order valence-corrected chi connectivity index (χ2v) is 5.21. The molecule has 0 heterocycles. The maximum absolute atomic E-state index is 11.0. The van der Waals surface area contributed by atoms with Gasteiger partial charge in [0.05, 0.1) is 5.56 Å². The fraction of sp³-hybridized carbons (Fsp3) is 0.235. The molecular formula is C17H18O4. The van der Waals surface area contributed by atoms with Crippen molar-refractivity contribution in [1.82, 2.24) is 0 Å². The Kier molecular flexibility index (Phi) is 4.29. The number of benzene rings is 2. The molecule has 0 aliphatic heterocycles. The quantitative estimate of drug-likeness (QED) is 0.886. The van der Waals surface area contributed by atoms with Gasteiger partial charge in [-0.3, -0.25) is 0 Å². The van der Waals surface area contributed by atoms with Crippen LogP contribution in [0.2, 0.25) is 0 Å². The topological polar surface area (TPSA) is 66.8 Å². The van der Waals surface area contributed by atoms with Crippen molar-refractivity contribution in [1.29, 1.82) is 0 Å². The summed E-state index contributed by atoms with van der Waals surface area (Å²) < 4.78 is 5.60. The van der Waals surface area contributed by atoms with Crippen molar-refractivity contribution in [2.24, 2.45) is 0 Å². The van der Waals surface area contributed by atoms with Crippen LogP contribution in [0, 0.1) is 6.92 Å². The Balaban J connectivity index is 2.09. The van der Waals surface area contributed by atoms with Gasteiger partial charge in [0.15, 0.2) is 0 Å². The molecule has 1 unspecified atom stereocenters. The van der Waals surface area contributed by atoms with E-state index < -0.39 is 11.6 Å². The first-order chi connectivity index (χ1) is 9.90. The number of hydrogen-bond donors (Lipinski definition) is 2. The lowest BCUT2D eigenvalue weighted by atomic mass is 9.97. The molecule has 0 saturated carbocycles. The summed E-state index contributed by atoms with van der Waals surface area (Å²) in [6.45, 7) is 3.48. The molecule has 0 bridgehead atoms. The maximum atomic E-state index is 11.0. The second kappa shape index (κ2) is 5.97. The van der Waals surface area contributed by atoms with Crippen LogP contribution in [0.15, 0.2) is 48.5 Å². The van der Waals surface area contributed by atoms with E-state index in [1.807, 2.05) is 30.3 Å². The number of carboxylic acids is 1. The number of rotatable bonds is 5. The van der Waals surface area contributed by atoms with E-state index in [1.54, 1.807) is 26.0 Å². The molecule has 0 amide bonds. The Morgan fingerprint density at radius 1 is 1.19 bits per heavy atom. The van der Waals surface area contributed by atoms with Crippen molar-refractivity contribution < 1.29 is 19.7 Å². The van der Waals surface area contributed by atoms with Gasteiger partial charge in [-0.1, -0.05) is 30.3 Å². The van der Waals surface area contributed by atoms with Crippen LogP contribution in [0.1, 0.15) is 28.4 Å². The van der Waals surface area contributed by atoms with E-state index in [9.17, 15) is 9.90 Å². The predicted octanol–water partition coefficient (Wildman–Crippen LogP) is 2.98. The number of hydrogen-bond acceptors (Lipinski definition) is 3. The van der Waals surface area contributed by atoms with E-state index in [-0.39, 0.29) is 12.2 Å². The summed E-state index contributed by atoms with van der Waals surface area (Å²) >= 11 is 0. The molecule has 0 radical (unpaired) electrons. The van der Waals surface area contributed by atoms with Crippen molar-refractivity contribution in [2.45, 2.75) is 19.4 Å². The highest BCUT2D eigenvalue weighted by Crippen LogP contribution is 2.23. The Bertz CT molecular complexity index is 632. The zero-order valence-electron chi connectivity index (χ0n) is 12.0. The molecule has 0 fully saturated rings. The average Bonchev–Trinajstić information content (AvgIpc) is 2.46. The molecule has 1 atom stereocenters.